The molecule has 0 fully saturated rings. The third kappa shape index (κ3) is 9.62. The van der Waals surface area contributed by atoms with Crippen LogP contribution in [0, 0.1) is 6.92 Å². The number of rotatable bonds is 15. The van der Waals surface area contributed by atoms with E-state index in [-0.39, 0.29) is 37.4 Å². The van der Waals surface area contributed by atoms with Crippen molar-refractivity contribution in [3.63, 3.8) is 0 Å². The van der Waals surface area contributed by atoms with Gasteiger partial charge in [0.15, 0.2) is 0 Å². The number of anilines is 1. The van der Waals surface area contributed by atoms with Crippen LogP contribution in [-0.2, 0) is 32.6 Å². The molecule has 2 atom stereocenters. The minimum atomic E-state index is -3.57. The number of methoxy groups -OCH3 is 1. The topological polar surface area (TPSA) is 96.0 Å². The number of amides is 2. The molecule has 1 N–H and O–H groups in total. The Morgan fingerprint density at radius 3 is 2.29 bits per heavy atom. The Morgan fingerprint density at radius 1 is 0.952 bits per heavy atom. The highest BCUT2D eigenvalue weighted by atomic mass is 32.2. The van der Waals surface area contributed by atoms with E-state index in [4.69, 9.17) is 4.74 Å². The molecule has 0 aliphatic carbocycles. The molecule has 2 amide bonds. The highest BCUT2D eigenvalue weighted by Crippen LogP contribution is 2.22. The van der Waals surface area contributed by atoms with E-state index in [9.17, 15) is 18.0 Å². The predicted molar refractivity (Wildman–Crippen MR) is 168 cm³/mol. The van der Waals surface area contributed by atoms with Gasteiger partial charge in [0.05, 0.1) is 19.1 Å². The lowest BCUT2D eigenvalue weighted by Gasteiger charge is -2.33. The van der Waals surface area contributed by atoms with E-state index >= 15 is 0 Å². The summed E-state index contributed by atoms with van der Waals surface area (Å²) >= 11 is 0. The van der Waals surface area contributed by atoms with Crippen molar-refractivity contribution in [3.05, 3.63) is 95.6 Å². The number of hydrogen-bond acceptors (Lipinski definition) is 5. The van der Waals surface area contributed by atoms with Crippen molar-refractivity contribution in [1.82, 2.24) is 10.2 Å². The average molecular weight is 594 g/mol. The van der Waals surface area contributed by atoms with Crippen LogP contribution in [0.15, 0.2) is 78.9 Å². The minimum Gasteiger partial charge on any atom is -0.497 e. The molecule has 3 aromatic carbocycles. The van der Waals surface area contributed by atoms with Gasteiger partial charge in [-0.1, -0.05) is 61.5 Å². The summed E-state index contributed by atoms with van der Waals surface area (Å²) in [6, 6.07) is 23.6. The molecule has 0 heterocycles. The predicted octanol–water partition coefficient (Wildman–Crippen LogP) is 5.10. The van der Waals surface area contributed by atoms with Crippen molar-refractivity contribution in [2.24, 2.45) is 0 Å². The maximum atomic E-state index is 14.0. The van der Waals surface area contributed by atoms with Crippen molar-refractivity contribution < 1.29 is 22.7 Å². The standard InChI is InChI=1S/C33H43N3O5S/c1-6-26(3)34-33(38)31(23-27-14-8-7-9-15-27)35(24-28-16-11-18-30(22-28)41-4)32(37)19-12-20-36(42(5,39)40)29-17-10-13-25(2)21-29/h7-11,13-18,21-22,26,31H,6,12,19-20,23-24H2,1-5H3,(H,34,38)/t26-,31+/m0/s1. The third-order valence-electron chi connectivity index (χ3n) is 7.20. The van der Waals surface area contributed by atoms with Gasteiger partial charge in [-0.25, -0.2) is 8.42 Å². The smallest absolute Gasteiger partial charge is 0.243 e. The molecule has 0 aromatic heterocycles. The van der Waals surface area contributed by atoms with Crippen LogP contribution in [0.4, 0.5) is 5.69 Å². The molecule has 0 aliphatic rings. The second kappa shape index (κ2) is 15.4. The van der Waals surface area contributed by atoms with Gasteiger partial charge in [-0.15, -0.1) is 0 Å². The molecule has 0 spiro atoms. The van der Waals surface area contributed by atoms with E-state index in [0.29, 0.717) is 24.3 Å². The maximum absolute atomic E-state index is 14.0. The number of carbonyl (C=O) groups is 2. The highest BCUT2D eigenvalue weighted by molar-refractivity contribution is 7.92. The number of nitrogens with one attached hydrogen (secondary N) is 1. The van der Waals surface area contributed by atoms with Gasteiger partial charge in [0.25, 0.3) is 0 Å². The van der Waals surface area contributed by atoms with Gasteiger partial charge in [0.2, 0.25) is 21.8 Å². The lowest BCUT2D eigenvalue weighted by Crippen LogP contribution is -2.52. The fourth-order valence-electron chi connectivity index (χ4n) is 4.75. The summed E-state index contributed by atoms with van der Waals surface area (Å²) in [5.41, 5.74) is 3.27. The summed E-state index contributed by atoms with van der Waals surface area (Å²) in [4.78, 5) is 29.3. The van der Waals surface area contributed by atoms with Crippen LogP contribution in [-0.4, -0.2) is 57.1 Å². The van der Waals surface area contributed by atoms with Crippen LogP contribution in [0.1, 0.15) is 49.8 Å². The molecule has 0 radical (unpaired) electrons. The highest BCUT2D eigenvalue weighted by Gasteiger charge is 2.31. The Balaban J connectivity index is 1.91. The summed E-state index contributed by atoms with van der Waals surface area (Å²) in [5, 5.41) is 3.07. The fraction of sp³-hybridized carbons (Fsp3) is 0.394. The van der Waals surface area contributed by atoms with Crippen LogP contribution in [0.25, 0.3) is 0 Å². The molecular weight excluding hydrogens is 550 g/mol. The zero-order chi connectivity index (χ0) is 30.7. The van der Waals surface area contributed by atoms with Crippen LogP contribution in [0.5, 0.6) is 5.75 Å². The van der Waals surface area contributed by atoms with Crippen LogP contribution < -0.4 is 14.4 Å². The summed E-state index contributed by atoms with van der Waals surface area (Å²) in [6.07, 6.45) is 2.63. The second-order valence-corrected chi connectivity index (χ2v) is 12.6. The molecule has 8 nitrogen and oxygen atoms in total. The zero-order valence-corrected chi connectivity index (χ0v) is 26.1. The van der Waals surface area contributed by atoms with Gasteiger partial charge in [-0.2, -0.15) is 0 Å². The Morgan fingerprint density at radius 2 is 1.64 bits per heavy atom. The fourth-order valence-corrected chi connectivity index (χ4v) is 5.71. The monoisotopic (exact) mass is 593 g/mol. The number of carbonyl (C=O) groups excluding carboxylic acids is 2. The first-order valence-electron chi connectivity index (χ1n) is 14.3. The number of hydrogen-bond donors (Lipinski definition) is 1. The Hall–Kier alpha value is -3.85. The molecule has 0 bridgehead atoms. The van der Waals surface area contributed by atoms with E-state index in [2.05, 4.69) is 5.32 Å². The van der Waals surface area contributed by atoms with E-state index in [1.54, 1.807) is 18.1 Å². The molecular formula is C33H43N3O5S. The van der Waals surface area contributed by atoms with E-state index < -0.39 is 16.1 Å². The number of nitrogens with zero attached hydrogens (tertiary/aromatic N) is 2. The Labute approximate surface area is 250 Å². The molecule has 0 saturated heterocycles. The summed E-state index contributed by atoms with van der Waals surface area (Å²) in [6.45, 7) is 6.19. The number of benzene rings is 3. The molecule has 3 aromatic rings. The Bertz CT molecular complexity index is 1430. The van der Waals surface area contributed by atoms with Crippen LogP contribution >= 0.6 is 0 Å². The normalized spacial score (nSPS) is 12.7. The molecule has 226 valence electrons. The van der Waals surface area contributed by atoms with Gasteiger partial charge in [-0.05, 0) is 67.6 Å². The van der Waals surface area contributed by atoms with Gasteiger partial charge in [0.1, 0.15) is 11.8 Å². The summed E-state index contributed by atoms with van der Waals surface area (Å²) in [5.74, 6) is 0.211. The zero-order valence-electron chi connectivity index (χ0n) is 25.2. The maximum Gasteiger partial charge on any atom is 0.243 e. The van der Waals surface area contributed by atoms with Crippen molar-refractivity contribution in [1.29, 1.82) is 0 Å². The van der Waals surface area contributed by atoms with Crippen molar-refractivity contribution in [2.75, 3.05) is 24.2 Å². The van der Waals surface area contributed by atoms with Gasteiger partial charge < -0.3 is 15.0 Å². The number of ether oxygens (including phenoxy) is 1. The first-order valence-corrected chi connectivity index (χ1v) is 16.2. The first-order chi connectivity index (χ1) is 20.0. The van der Waals surface area contributed by atoms with Gasteiger partial charge in [-0.3, -0.25) is 13.9 Å². The summed E-state index contributed by atoms with van der Waals surface area (Å²) in [7, 11) is -1.98. The first kappa shape index (κ1) is 32.7. The van der Waals surface area contributed by atoms with E-state index in [1.807, 2.05) is 93.6 Å². The molecule has 42 heavy (non-hydrogen) atoms. The molecule has 3 rings (SSSR count). The minimum absolute atomic E-state index is 0.0535. The van der Waals surface area contributed by atoms with Crippen molar-refractivity contribution in [2.45, 2.75) is 65.1 Å². The van der Waals surface area contributed by atoms with Crippen LogP contribution in [0.2, 0.25) is 0 Å². The van der Waals surface area contributed by atoms with Gasteiger partial charge in [0, 0.05) is 32.0 Å². The van der Waals surface area contributed by atoms with Gasteiger partial charge >= 0.3 is 0 Å². The summed E-state index contributed by atoms with van der Waals surface area (Å²) < 4.78 is 32.0. The lowest BCUT2D eigenvalue weighted by molar-refractivity contribution is -0.141. The van der Waals surface area contributed by atoms with E-state index in [0.717, 1.165) is 23.1 Å². The quantitative estimate of drug-likeness (QED) is 0.264. The van der Waals surface area contributed by atoms with Crippen LogP contribution in [0.3, 0.4) is 0 Å². The molecule has 0 unspecified atom stereocenters. The average Bonchev–Trinajstić information content (AvgIpc) is 2.96. The number of sulfonamides is 1. The van der Waals surface area contributed by atoms with Crippen molar-refractivity contribution >= 4 is 27.5 Å². The molecule has 0 aliphatic heterocycles. The second-order valence-electron chi connectivity index (χ2n) is 10.7. The Kier molecular flexibility index (Phi) is 12.0. The largest absolute Gasteiger partial charge is 0.497 e. The number of aryl methyl sites for hydroxylation is 1. The SMILES string of the molecule is CC[C@H](C)NC(=O)[C@@H](Cc1ccccc1)N(Cc1cccc(OC)c1)C(=O)CCCN(c1cccc(C)c1)S(C)(=O)=O. The lowest BCUT2D eigenvalue weighted by atomic mass is 10.0. The van der Waals surface area contributed by atoms with E-state index in [1.165, 1.54) is 10.6 Å². The molecule has 0 saturated carbocycles. The molecule has 9 heteroatoms. The third-order valence-corrected chi connectivity index (χ3v) is 8.40. The van der Waals surface area contributed by atoms with Crippen molar-refractivity contribution in [3.8, 4) is 5.75 Å².